The highest BCUT2D eigenvalue weighted by Gasteiger charge is 2.63. The fourth-order valence-electron chi connectivity index (χ4n) is 5.73. The van der Waals surface area contributed by atoms with Gasteiger partial charge in [0.1, 0.15) is 17.6 Å². The van der Waals surface area contributed by atoms with Crippen LogP contribution < -0.4 is 10.1 Å². The molecule has 1 N–H and O–H groups in total. The second-order valence-corrected chi connectivity index (χ2v) is 8.90. The van der Waals surface area contributed by atoms with Crippen LogP contribution in [-0.4, -0.2) is 18.0 Å². The van der Waals surface area contributed by atoms with E-state index in [1.54, 1.807) is 0 Å². The van der Waals surface area contributed by atoms with Crippen molar-refractivity contribution in [3.63, 3.8) is 0 Å². The lowest BCUT2D eigenvalue weighted by atomic mass is 9.79. The van der Waals surface area contributed by atoms with Crippen LogP contribution >= 0.6 is 0 Å². The van der Waals surface area contributed by atoms with Gasteiger partial charge in [-0.15, -0.1) is 0 Å². The van der Waals surface area contributed by atoms with Crippen molar-refractivity contribution in [2.45, 2.75) is 18.9 Å². The van der Waals surface area contributed by atoms with E-state index in [2.05, 4.69) is 17.4 Å². The summed E-state index contributed by atoms with van der Waals surface area (Å²) in [6.45, 7) is 0. The maximum Gasteiger partial charge on any atom is 0.310 e. The molecule has 1 heterocycles. The molecule has 2 bridgehead atoms. The van der Waals surface area contributed by atoms with Crippen LogP contribution in [0.15, 0.2) is 78.9 Å². The molecule has 0 radical (unpaired) electrons. The lowest BCUT2D eigenvalue weighted by Crippen LogP contribution is -2.35. The number of carbonyl (C=O) groups excluding carboxylic acids is 2. The Labute approximate surface area is 186 Å². The molecule has 0 aromatic heterocycles. The Morgan fingerprint density at radius 3 is 2.47 bits per heavy atom. The van der Waals surface area contributed by atoms with Crippen LogP contribution in [0, 0.1) is 23.7 Å². The molecule has 3 aromatic carbocycles. The molecule has 5 atom stereocenters. The molecule has 1 amide bonds. The molecule has 2 aliphatic carbocycles. The highest BCUT2D eigenvalue weighted by Crippen LogP contribution is 2.57. The molecule has 5 heteroatoms. The zero-order valence-corrected chi connectivity index (χ0v) is 17.4. The topological polar surface area (TPSA) is 64.6 Å². The number of rotatable bonds is 5. The molecule has 0 spiro atoms. The first kappa shape index (κ1) is 19.1. The standard InChI is InChI=1S/C27H23NO4/c29-26(24-17-14-21-23(15-17)32-27(30)25(21)24)28-18-10-12-19(13-11-18)31-22-9-5-4-8-20(22)16-6-2-1-3-7-16/h1-13,17,21,23-25H,14-15H2,(H,28,29)/t17-,21+,23-,24+,25+/m1/s1. The Morgan fingerprint density at radius 2 is 1.66 bits per heavy atom. The first-order valence-electron chi connectivity index (χ1n) is 11.1. The number of ether oxygens (including phenoxy) is 2. The molecule has 160 valence electrons. The number of esters is 1. The highest BCUT2D eigenvalue weighted by molar-refractivity contribution is 5.97. The van der Waals surface area contributed by atoms with E-state index in [9.17, 15) is 9.59 Å². The van der Waals surface area contributed by atoms with Gasteiger partial charge in [0.15, 0.2) is 0 Å². The molecule has 1 aliphatic heterocycles. The van der Waals surface area contributed by atoms with Crippen LogP contribution in [-0.2, 0) is 14.3 Å². The molecule has 32 heavy (non-hydrogen) atoms. The number of hydrogen-bond donors (Lipinski definition) is 1. The Bertz CT molecular complexity index is 1170. The van der Waals surface area contributed by atoms with Gasteiger partial charge in [0.05, 0.1) is 11.8 Å². The zero-order valence-electron chi connectivity index (χ0n) is 17.4. The van der Waals surface area contributed by atoms with E-state index in [0.717, 1.165) is 29.7 Å². The monoisotopic (exact) mass is 425 g/mol. The smallest absolute Gasteiger partial charge is 0.310 e. The summed E-state index contributed by atoms with van der Waals surface area (Å²) in [5, 5.41) is 3.00. The predicted molar refractivity (Wildman–Crippen MR) is 120 cm³/mol. The quantitative estimate of drug-likeness (QED) is 0.565. The number of hydrogen-bond acceptors (Lipinski definition) is 4. The minimum atomic E-state index is -0.278. The van der Waals surface area contributed by atoms with Gasteiger partial charge < -0.3 is 14.8 Å². The number of fused-ring (bicyclic) bond motifs is 1. The van der Waals surface area contributed by atoms with Gasteiger partial charge in [-0.05, 0) is 54.7 Å². The third kappa shape index (κ3) is 3.16. The molecule has 6 rings (SSSR count). The molecule has 0 unspecified atom stereocenters. The average Bonchev–Trinajstić information content (AvgIpc) is 3.44. The van der Waals surface area contributed by atoms with Crippen molar-refractivity contribution in [3.05, 3.63) is 78.9 Å². The minimum Gasteiger partial charge on any atom is -0.462 e. The minimum absolute atomic E-state index is 0.0387. The van der Waals surface area contributed by atoms with Crippen LogP contribution in [0.1, 0.15) is 12.8 Å². The molecule has 3 aromatic rings. The molecule has 1 saturated heterocycles. The number of benzene rings is 3. The number of carbonyl (C=O) groups is 2. The molecule has 3 fully saturated rings. The van der Waals surface area contributed by atoms with Gasteiger partial charge in [0.2, 0.25) is 5.91 Å². The maximum absolute atomic E-state index is 13.0. The maximum atomic E-state index is 13.0. The SMILES string of the molecule is O=C(Nc1ccc(Oc2ccccc2-c2ccccc2)cc1)[C@H]1[C@@H]2C[C@@H]3[C@@H]1C(=O)O[C@@H]3C2. The molecular formula is C27H23NO4. The summed E-state index contributed by atoms with van der Waals surface area (Å²) < 4.78 is 11.6. The van der Waals surface area contributed by atoms with Crippen molar-refractivity contribution < 1.29 is 19.1 Å². The van der Waals surface area contributed by atoms with E-state index in [-0.39, 0.29) is 41.7 Å². The number of nitrogens with one attached hydrogen (secondary N) is 1. The highest BCUT2D eigenvalue weighted by atomic mass is 16.6. The van der Waals surface area contributed by atoms with Crippen molar-refractivity contribution in [1.82, 2.24) is 0 Å². The van der Waals surface area contributed by atoms with E-state index in [0.29, 0.717) is 11.4 Å². The largest absolute Gasteiger partial charge is 0.462 e. The van der Waals surface area contributed by atoms with Crippen LogP contribution in [0.2, 0.25) is 0 Å². The number of amides is 1. The summed E-state index contributed by atoms with van der Waals surface area (Å²) in [6.07, 6.45) is 1.78. The molecule has 2 saturated carbocycles. The number of para-hydroxylation sites is 1. The lowest BCUT2D eigenvalue weighted by molar-refractivity contribution is -0.145. The van der Waals surface area contributed by atoms with Gasteiger partial charge in [0, 0.05) is 17.2 Å². The molecule has 3 aliphatic rings. The predicted octanol–water partition coefficient (Wildman–Crippen LogP) is 5.28. The van der Waals surface area contributed by atoms with Gasteiger partial charge >= 0.3 is 5.97 Å². The average molecular weight is 425 g/mol. The first-order valence-corrected chi connectivity index (χ1v) is 11.1. The van der Waals surface area contributed by atoms with Crippen LogP contribution in [0.25, 0.3) is 11.1 Å². The fraction of sp³-hybridized carbons (Fsp3) is 0.259. The Morgan fingerprint density at radius 1 is 0.906 bits per heavy atom. The summed E-state index contributed by atoms with van der Waals surface area (Å²) in [6, 6.07) is 25.4. The Hall–Kier alpha value is -3.60. The van der Waals surface area contributed by atoms with Gasteiger partial charge in [-0.25, -0.2) is 0 Å². The van der Waals surface area contributed by atoms with E-state index >= 15 is 0 Å². The summed E-state index contributed by atoms with van der Waals surface area (Å²) >= 11 is 0. The number of anilines is 1. The third-order valence-electron chi connectivity index (χ3n) is 7.11. The Kier molecular flexibility index (Phi) is 4.49. The van der Waals surface area contributed by atoms with Crippen molar-refractivity contribution in [1.29, 1.82) is 0 Å². The van der Waals surface area contributed by atoms with Gasteiger partial charge in [-0.3, -0.25) is 9.59 Å². The second kappa shape index (κ2) is 7.52. The van der Waals surface area contributed by atoms with Crippen LogP contribution in [0.4, 0.5) is 5.69 Å². The van der Waals surface area contributed by atoms with E-state index < -0.39 is 0 Å². The summed E-state index contributed by atoms with van der Waals surface area (Å²) in [4.78, 5) is 25.2. The lowest BCUT2D eigenvalue weighted by Gasteiger charge is -2.23. The van der Waals surface area contributed by atoms with Crippen LogP contribution in [0.5, 0.6) is 11.5 Å². The summed E-state index contributed by atoms with van der Waals surface area (Å²) in [5.74, 6) is 1.11. The summed E-state index contributed by atoms with van der Waals surface area (Å²) in [5.41, 5.74) is 2.80. The Balaban J connectivity index is 1.16. The van der Waals surface area contributed by atoms with Crippen molar-refractivity contribution in [2.75, 3.05) is 5.32 Å². The van der Waals surface area contributed by atoms with E-state index in [1.165, 1.54) is 0 Å². The van der Waals surface area contributed by atoms with E-state index in [1.807, 2.05) is 66.7 Å². The fourth-order valence-corrected chi connectivity index (χ4v) is 5.73. The van der Waals surface area contributed by atoms with Gasteiger partial charge in [0.25, 0.3) is 0 Å². The van der Waals surface area contributed by atoms with E-state index in [4.69, 9.17) is 9.47 Å². The first-order chi connectivity index (χ1) is 15.7. The second-order valence-electron chi connectivity index (χ2n) is 8.90. The van der Waals surface area contributed by atoms with Crippen molar-refractivity contribution in [2.24, 2.45) is 23.7 Å². The summed E-state index contributed by atoms with van der Waals surface area (Å²) in [7, 11) is 0. The molecular weight excluding hydrogens is 402 g/mol. The van der Waals surface area contributed by atoms with Crippen molar-refractivity contribution in [3.8, 4) is 22.6 Å². The normalized spacial score (nSPS) is 27.2. The third-order valence-corrected chi connectivity index (χ3v) is 7.11. The van der Waals surface area contributed by atoms with Gasteiger partial charge in [-0.2, -0.15) is 0 Å². The van der Waals surface area contributed by atoms with Crippen molar-refractivity contribution >= 4 is 17.6 Å². The van der Waals surface area contributed by atoms with Crippen LogP contribution in [0.3, 0.4) is 0 Å². The zero-order chi connectivity index (χ0) is 21.7. The molecule has 5 nitrogen and oxygen atoms in total. The van der Waals surface area contributed by atoms with Gasteiger partial charge in [-0.1, -0.05) is 48.5 Å².